The first kappa shape index (κ1) is 26.8. The topological polar surface area (TPSA) is 69.0 Å². The predicted octanol–water partition coefficient (Wildman–Crippen LogP) is 7.64. The Balaban J connectivity index is 1.71. The van der Waals surface area contributed by atoms with Crippen LogP contribution in [-0.2, 0) is 0 Å². The maximum Gasteiger partial charge on any atom is 0.295 e. The van der Waals surface area contributed by atoms with E-state index in [2.05, 4.69) is 13.8 Å². The first-order valence-electron chi connectivity index (χ1n) is 13.3. The summed E-state index contributed by atoms with van der Waals surface area (Å²) in [6.07, 6.45) is 0.910. The lowest BCUT2D eigenvalue weighted by molar-refractivity contribution is 0.0971. The molecular formula is C32H32ClNO5. The Kier molecular flexibility index (Phi) is 7.41. The molecule has 0 radical (unpaired) electrons. The van der Waals surface area contributed by atoms with Crippen LogP contribution in [-0.4, -0.2) is 19.1 Å². The molecule has 1 atom stereocenters. The van der Waals surface area contributed by atoms with E-state index in [1.165, 1.54) is 0 Å². The summed E-state index contributed by atoms with van der Waals surface area (Å²) in [5.41, 5.74) is 3.69. The van der Waals surface area contributed by atoms with Crippen LogP contribution in [0, 0.1) is 19.8 Å². The molecule has 2 heterocycles. The van der Waals surface area contributed by atoms with Crippen LogP contribution in [0.5, 0.6) is 11.5 Å². The number of ether oxygens (including phenoxy) is 2. The number of carbonyl (C=O) groups is 1. The molecule has 6 nitrogen and oxygen atoms in total. The second-order valence-corrected chi connectivity index (χ2v) is 10.8. The molecule has 0 saturated heterocycles. The van der Waals surface area contributed by atoms with Gasteiger partial charge in [0.05, 0.1) is 30.2 Å². The highest BCUT2D eigenvalue weighted by atomic mass is 35.5. The normalized spacial score (nSPS) is 14.8. The Bertz CT molecular complexity index is 1620. The second kappa shape index (κ2) is 10.8. The molecule has 0 bridgehead atoms. The lowest BCUT2D eigenvalue weighted by atomic mass is 9.97. The number of amides is 1. The molecule has 1 amide bonds. The minimum Gasteiger partial charge on any atom is -0.490 e. The number of benzene rings is 3. The third kappa shape index (κ3) is 5.01. The fourth-order valence-electron chi connectivity index (χ4n) is 4.92. The van der Waals surface area contributed by atoms with E-state index in [0.29, 0.717) is 63.4 Å². The SMILES string of the molecule is CCOc1cc(C2c3c(oc4cc(C)c(C)cc4c3=O)C(=O)N2c2cccc(Cl)c2)ccc1OCCC(C)C. The highest BCUT2D eigenvalue weighted by Crippen LogP contribution is 2.44. The summed E-state index contributed by atoms with van der Waals surface area (Å²) in [6, 6.07) is 15.5. The number of nitrogens with zero attached hydrogens (tertiary/aromatic N) is 1. The number of fused-ring (bicyclic) bond motifs is 2. The maximum atomic E-state index is 14.0. The van der Waals surface area contributed by atoms with Crippen molar-refractivity contribution in [2.75, 3.05) is 18.1 Å². The zero-order valence-corrected chi connectivity index (χ0v) is 23.6. The number of hydrogen-bond acceptors (Lipinski definition) is 5. The van der Waals surface area contributed by atoms with Crippen LogP contribution in [0.25, 0.3) is 11.0 Å². The smallest absolute Gasteiger partial charge is 0.295 e. The second-order valence-electron chi connectivity index (χ2n) is 10.3. The highest BCUT2D eigenvalue weighted by Gasteiger charge is 2.44. The van der Waals surface area contributed by atoms with Crippen LogP contribution >= 0.6 is 11.6 Å². The summed E-state index contributed by atoms with van der Waals surface area (Å²) >= 11 is 6.33. The Hall–Kier alpha value is -3.77. The molecular weight excluding hydrogens is 514 g/mol. The van der Waals surface area contributed by atoms with Gasteiger partial charge in [-0.1, -0.05) is 37.6 Å². The summed E-state index contributed by atoms with van der Waals surface area (Å²) < 4.78 is 18.2. The van der Waals surface area contributed by atoms with E-state index in [1.807, 2.05) is 51.1 Å². The van der Waals surface area contributed by atoms with Crippen LogP contribution in [0.2, 0.25) is 5.02 Å². The Morgan fingerprint density at radius 2 is 1.74 bits per heavy atom. The molecule has 1 aliphatic heterocycles. The summed E-state index contributed by atoms with van der Waals surface area (Å²) in [5.74, 6) is 1.33. The number of carbonyl (C=O) groups excluding carboxylic acids is 1. The molecule has 3 aromatic carbocycles. The van der Waals surface area contributed by atoms with Gasteiger partial charge in [-0.05, 0) is 92.3 Å². The molecule has 7 heteroatoms. The van der Waals surface area contributed by atoms with Crippen molar-refractivity contribution in [2.24, 2.45) is 5.92 Å². The van der Waals surface area contributed by atoms with Gasteiger partial charge in [0, 0.05) is 10.7 Å². The molecule has 5 rings (SSSR count). The Morgan fingerprint density at radius 3 is 2.46 bits per heavy atom. The van der Waals surface area contributed by atoms with Crippen molar-refractivity contribution in [1.82, 2.24) is 0 Å². The van der Waals surface area contributed by atoms with Crippen LogP contribution in [0.3, 0.4) is 0 Å². The van der Waals surface area contributed by atoms with E-state index in [1.54, 1.807) is 29.2 Å². The third-order valence-electron chi connectivity index (χ3n) is 7.11. The molecule has 202 valence electrons. The minimum atomic E-state index is -0.739. The standard InChI is InChI=1S/C32H32ClNO5/c1-6-37-27-16-21(10-11-25(27)38-13-12-18(2)3)29-28-30(35)24-14-19(4)20(5)15-26(24)39-31(28)32(36)34(29)23-9-7-8-22(33)17-23/h7-11,14-18,29H,6,12-13H2,1-5H3. The molecule has 0 N–H and O–H groups in total. The van der Waals surface area contributed by atoms with Crippen molar-refractivity contribution >= 4 is 34.2 Å². The van der Waals surface area contributed by atoms with Gasteiger partial charge in [0.15, 0.2) is 16.9 Å². The lowest BCUT2D eigenvalue weighted by Crippen LogP contribution is -2.29. The maximum absolute atomic E-state index is 14.0. The van der Waals surface area contributed by atoms with E-state index in [-0.39, 0.29) is 11.2 Å². The fourth-order valence-corrected chi connectivity index (χ4v) is 5.11. The van der Waals surface area contributed by atoms with Gasteiger partial charge >= 0.3 is 0 Å². The third-order valence-corrected chi connectivity index (χ3v) is 7.34. The monoisotopic (exact) mass is 545 g/mol. The molecule has 39 heavy (non-hydrogen) atoms. The van der Waals surface area contributed by atoms with Crippen molar-refractivity contribution in [3.05, 3.63) is 97.9 Å². The highest BCUT2D eigenvalue weighted by molar-refractivity contribution is 6.31. The molecule has 0 fully saturated rings. The zero-order chi connectivity index (χ0) is 27.8. The van der Waals surface area contributed by atoms with Crippen LogP contribution in [0.1, 0.15) is 66.0 Å². The van der Waals surface area contributed by atoms with E-state index >= 15 is 0 Å². The molecule has 4 aromatic rings. The molecule has 0 aliphatic carbocycles. The average Bonchev–Trinajstić information content (AvgIpc) is 3.18. The van der Waals surface area contributed by atoms with Gasteiger partial charge in [-0.25, -0.2) is 0 Å². The quantitative estimate of drug-likeness (QED) is 0.227. The summed E-state index contributed by atoms with van der Waals surface area (Å²) in [4.78, 5) is 29.5. The summed E-state index contributed by atoms with van der Waals surface area (Å²) in [6.45, 7) is 11.1. The van der Waals surface area contributed by atoms with Gasteiger partial charge in [0.2, 0.25) is 5.76 Å². The molecule has 0 spiro atoms. The molecule has 0 saturated carbocycles. The van der Waals surface area contributed by atoms with Crippen LogP contribution < -0.4 is 19.8 Å². The Labute approximate surface area is 233 Å². The Morgan fingerprint density at radius 1 is 0.974 bits per heavy atom. The largest absolute Gasteiger partial charge is 0.490 e. The first-order valence-corrected chi connectivity index (χ1v) is 13.6. The van der Waals surface area contributed by atoms with Gasteiger partial charge in [-0.15, -0.1) is 0 Å². The molecule has 1 aliphatic rings. The van der Waals surface area contributed by atoms with Gasteiger partial charge < -0.3 is 13.9 Å². The van der Waals surface area contributed by atoms with Crippen LogP contribution in [0.15, 0.2) is 63.8 Å². The van der Waals surface area contributed by atoms with Crippen LogP contribution in [0.4, 0.5) is 5.69 Å². The number of hydrogen-bond donors (Lipinski definition) is 0. The molecule has 1 aromatic heterocycles. The van der Waals surface area contributed by atoms with Gasteiger partial charge in [-0.3, -0.25) is 14.5 Å². The van der Waals surface area contributed by atoms with Crippen molar-refractivity contribution in [3.8, 4) is 11.5 Å². The van der Waals surface area contributed by atoms with Gasteiger partial charge in [0.25, 0.3) is 5.91 Å². The van der Waals surface area contributed by atoms with E-state index in [9.17, 15) is 9.59 Å². The van der Waals surface area contributed by atoms with Crippen molar-refractivity contribution < 1.29 is 18.7 Å². The number of aryl methyl sites for hydroxylation is 2. The van der Waals surface area contributed by atoms with E-state index in [4.69, 9.17) is 25.5 Å². The minimum absolute atomic E-state index is 0.0379. The molecule has 1 unspecified atom stereocenters. The van der Waals surface area contributed by atoms with E-state index < -0.39 is 11.9 Å². The van der Waals surface area contributed by atoms with Gasteiger partial charge in [-0.2, -0.15) is 0 Å². The van der Waals surface area contributed by atoms with E-state index in [0.717, 1.165) is 17.5 Å². The number of rotatable bonds is 8. The predicted molar refractivity (Wildman–Crippen MR) is 155 cm³/mol. The lowest BCUT2D eigenvalue weighted by Gasteiger charge is -2.26. The summed E-state index contributed by atoms with van der Waals surface area (Å²) in [5, 5.41) is 0.927. The van der Waals surface area contributed by atoms with Crippen molar-refractivity contribution in [3.63, 3.8) is 0 Å². The number of halogens is 1. The van der Waals surface area contributed by atoms with Gasteiger partial charge in [0.1, 0.15) is 5.58 Å². The number of anilines is 1. The summed E-state index contributed by atoms with van der Waals surface area (Å²) in [7, 11) is 0. The average molecular weight is 546 g/mol. The van der Waals surface area contributed by atoms with Crippen molar-refractivity contribution in [2.45, 2.75) is 47.1 Å². The van der Waals surface area contributed by atoms with Crippen molar-refractivity contribution in [1.29, 1.82) is 0 Å². The zero-order valence-electron chi connectivity index (χ0n) is 22.8. The fraction of sp³-hybridized carbons (Fsp3) is 0.312. The first-order chi connectivity index (χ1) is 18.7.